The van der Waals surface area contributed by atoms with Crippen molar-refractivity contribution >= 4 is 5.91 Å². The smallest absolute Gasteiger partial charge is 0.226 e. The van der Waals surface area contributed by atoms with E-state index in [-0.39, 0.29) is 5.91 Å². The number of hydrogen-bond acceptors (Lipinski definition) is 5. The molecule has 6 nitrogen and oxygen atoms in total. The first-order valence-corrected chi connectivity index (χ1v) is 8.98. The van der Waals surface area contributed by atoms with Crippen LogP contribution in [-0.4, -0.2) is 40.1 Å². The minimum atomic E-state index is 0.0838. The Balaban J connectivity index is 1.37. The van der Waals surface area contributed by atoms with Crippen molar-refractivity contribution in [3.8, 4) is 0 Å². The molecule has 25 heavy (non-hydrogen) atoms. The van der Waals surface area contributed by atoms with Gasteiger partial charge in [0.2, 0.25) is 11.8 Å². The second-order valence-electron chi connectivity index (χ2n) is 6.73. The first-order chi connectivity index (χ1) is 12.1. The highest BCUT2D eigenvalue weighted by atomic mass is 16.5. The highest BCUT2D eigenvalue weighted by Gasteiger charge is 2.20. The molecule has 0 bridgehead atoms. The van der Waals surface area contributed by atoms with Crippen LogP contribution >= 0.6 is 0 Å². The van der Waals surface area contributed by atoms with E-state index in [9.17, 15) is 4.79 Å². The van der Waals surface area contributed by atoms with Gasteiger partial charge in [-0.2, -0.15) is 4.98 Å². The summed E-state index contributed by atoms with van der Waals surface area (Å²) in [6, 6.07) is 8.94. The lowest BCUT2D eigenvalue weighted by Crippen LogP contribution is -2.44. The lowest BCUT2D eigenvalue weighted by molar-refractivity contribution is -0.121. The minimum absolute atomic E-state index is 0.0838. The fourth-order valence-corrected chi connectivity index (χ4v) is 3.21. The van der Waals surface area contributed by atoms with Gasteiger partial charge in [0.05, 0.1) is 0 Å². The summed E-state index contributed by atoms with van der Waals surface area (Å²) >= 11 is 0. The lowest BCUT2D eigenvalue weighted by Gasteiger charge is -2.33. The zero-order valence-corrected chi connectivity index (χ0v) is 15.0. The van der Waals surface area contributed by atoms with Crippen molar-refractivity contribution in [2.24, 2.45) is 0 Å². The highest BCUT2D eigenvalue weighted by molar-refractivity contribution is 5.75. The summed E-state index contributed by atoms with van der Waals surface area (Å²) in [6.45, 7) is 6.66. The molecule has 0 radical (unpaired) electrons. The molecule has 2 heterocycles. The van der Waals surface area contributed by atoms with Crippen molar-refractivity contribution in [1.29, 1.82) is 0 Å². The third-order valence-electron chi connectivity index (χ3n) is 4.74. The number of aromatic nitrogens is 2. The van der Waals surface area contributed by atoms with Crippen molar-refractivity contribution in [3.63, 3.8) is 0 Å². The van der Waals surface area contributed by atoms with Crippen molar-refractivity contribution in [2.75, 3.05) is 13.1 Å². The topological polar surface area (TPSA) is 71.3 Å². The Morgan fingerprint density at radius 2 is 2.16 bits per heavy atom. The van der Waals surface area contributed by atoms with E-state index in [0.717, 1.165) is 25.9 Å². The van der Waals surface area contributed by atoms with E-state index in [0.29, 0.717) is 37.1 Å². The van der Waals surface area contributed by atoms with Gasteiger partial charge in [-0.3, -0.25) is 9.69 Å². The van der Waals surface area contributed by atoms with Gasteiger partial charge in [0, 0.05) is 38.5 Å². The standard InChI is InChI=1S/C19H26N4O2/c1-14(23-11-10-16-6-3-4-7-17(16)13-23)12-20-18(24)8-5-9-19-21-15(2)22-25-19/h3-4,6-7,14H,5,8-13H2,1-2H3,(H,20,24). The van der Waals surface area contributed by atoms with E-state index in [4.69, 9.17) is 4.52 Å². The Morgan fingerprint density at radius 1 is 1.36 bits per heavy atom. The van der Waals surface area contributed by atoms with E-state index < -0.39 is 0 Å². The van der Waals surface area contributed by atoms with E-state index in [1.807, 2.05) is 0 Å². The summed E-state index contributed by atoms with van der Waals surface area (Å²) in [4.78, 5) is 18.6. The second-order valence-corrected chi connectivity index (χ2v) is 6.73. The van der Waals surface area contributed by atoms with Crippen LogP contribution in [0.4, 0.5) is 0 Å². The third kappa shape index (κ3) is 4.89. The van der Waals surface area contributed by atoms with Gasteiger partial charge in [-0.15, -0.1) is 0 Å². The first-order valence-electron chi connectivity index (χ1n) is 8.98. The van der Waals surface area contributed by atoms with Crippen molar-refractivity contribution < 1.29 is 9.32 Å². The van der Waals surface area contributed by atoms with Crippen LogP contribution in [-0.2, 0) is 24.2 Å². The lowest BCUT2D eigenvalue weighted by atomic mass is 9.99. The molecular formula is C19H26N4O2. The van der Waals surface area contributed by atoms with Crippen molar-refractivity contribution in [1.82, 2.24) is 20.4 Å². The zero-order chi connectivity index (χ0) is 17.6. The van der Waals surface area contributed by atoms with Gasteiger partial charge in [0.1, 0.15) is 0 Å². The normalized spacial score (nSPS) is 15.6. The number of hydrogen-bond donors (Lipinski definition) is 1. The molecule has 1 aromatic heterocycles. The molecule has 0 saturated heterocycles. The maximum absolute atomic E-state index is 12.0. The van der Waals surface area contributed by atoms with Crippen LogP contribution in [0.15, 0.2) is 28.8 Å². The molecule has 1 aliphatic heterocycles. The number of carbonyl (C=O) groups is 1. The van der Waals surface area contributed by atoms with Crippen LogP contribution in [0.25, 0.3) is 0 Å². The molecule has 1 N–H and O–H groups in total. The van der Waals surface area contributed by atoms with Gasteiger partial charge in [-0.1, -0.05) is 29.4 Å². The van der Waals surface area contributed by atoms with Crippen LogP contribution < -0.4 is 5.32 Å². The van der Waals surface area contributed by atoms with Crippen LogP contribution in [0.5, 0.6) is 0 Å². The predicted molar refractivity (Wildman–Crippen MR) is 95.0 cm³/mol. The Labute approximate surface area is 148 Å². The minimum Gasteiger partial charge on any atom is -0.355 e. The van der Waals surface area contributed by atoms with Crippen LogP contribution in [0.3, 0.4) is 0 Å². The molecule has 2 aromatic rings. The average molecular weight is 342 g/mol. The van der Waals surface area contributed by atoms with E-state index in [1.165, 1.54) is 11.1 Å². The van der Waals surface area contributed by atoms with E-state index >= 15 is 0 Å². The Hall–Kier alpha value is -2.21. The summed E-state index contributed by atoms with van der Waals surface area (Å²) in [7, 11) is 0. The predicted octanol–water partition coefficient (Wildman–Crippen LogP) is 2.26. The van der Waals surface area contributed by atoms with Crippen molar-refractivity contribution in [3.05, 3.63) is 47.1 Å². The second kappa shape index (κ2) is 8.25. The fourth-order valence-electron chi connectivity index (χ4n) is 3.21. The fraction of sp³-hybridized carbons (Fsp3) is 0.526. The van der Waals surface area contributed by atoms with Gasteiger partial charge in [-0.25, -0.2) is 0 Å². The number of fused-ring (bicyclic) bond motifs is 1. The maximum atomic E-state index is 12.0. The first kappa shape index (κ1) is 17.6. The van der Waals surface area contributed by atoms with Gasteiger partial charge >= 0.3 is 0 Å². The number of nitrogens with one attached hydrogen (secondary N) is 1. The third-order valence-corrected chi connectivity index (χ3v) is 4.74. The zero-order valence-electron chi connectivity index (χ0n) is 15.0. The summed E-state index contributed by atoms with van der Waals surface area (Å²) in [6.07, 6.45) is 2.93. The molecule has 134 valence electrons. The summed E-state index contributed by atoms with van der Waals surface area (Å²) in [5.41, 5.74) is 2.85. The maximum Gasteiger partial charge on any atom is 0.226 e. The Bertz CT molecular complexity index is 713. The van der Waals surface area contributed by atoms with E-state index in [1.54, 1.807) is 6.92 Å². The molecule has 3 rings (SSSR count). The van der Waals surface area contributed by atoms with Crippen LogP contribution in [0.1, 0.15) is 42.6 Å². The molecular weight excluding hydrogens is 316 g/mol. The Morgan fingerprint density at radius 3 is 2.92 bits per heavy atom. The van der Waals surface area contributed by atoms with Crippen LogP contribution in [0.2, 0.25) is 0 Å². The summed E-state index contributed by atoms with van der Waals surface area (Å²) in [5.74, 6) is 1.32. The molecule has 0 fully saturated rings. The average Bonchev–Trinajstić information content (AvgIpc) is 3.04. The largest absolute Gasteiger partial charge is 0.355 e. The monoisotopic (exact) mass is 342 g/mol. The summed E-state index contributed by atoms with van der Waals surface area (Å²) in [5, 5.41) is 6.80. The molecule has 0 aliphatic carbocycles. The molecule has 0 spiro atoms. The number of amides is 1. The van der Waals surface area contributed by atoms with Gasteiger partial charge in [-0.05, 0) is 37.8 Å². The SMILES string of the molecule is Cc1noc(CCCC(=O)NCC(C)N2CCc3ccccc3C2)n1. The number of benzene rings is 1. The number of rotatable bonds is 7. The quantitative estimate of drug-likeness (QED) is 0.836. The number of carbonyl (C=O) groups excluding carboxylic acids is 1. The molecule has 6 heteroatoms. The number of aryl methyl sites for hydroxylation is 2. The molecule has 1 aromatic carbocycles. The highest BCUT2D eigenvalue weighted by Crippen LogP contribution is 2.19. The van der Waals surface area contributed by atoms with Gasteiger partial charge in [0.15, 0.2) is 5.82 Å². The number of nitrogens with zero attached hydrogens (tertiary/aromatic N) is 3. The molecule has 1 unspecified atom stereocenters. The van der Waals surface area contributed by atoms with E-state index in [2.05, 4.69) is 51.5 Å². The summed E-state index contributed by atoms with van der Waals surface area (Å²) < 4.78 is 5.05. The van der Waals surface area contributed by atoms with Crippen molar-refractivity contribution in [2.45, 2.75) is 52.1 Å². The molecule has 1 amide bonds. The molecule has 0 saturated carbocycles. The molecule has 1 aliphatic rings. The molecule has 1 atom stereocenters. The van der Waals surface area contributed by atoms with Gasteiger partial charge < -0.3 is 9.84 Å². The van der Waals surface area contributed by atoms with Gasteiger partial charge in [0.25, 0.3) is 0 Å². The van der Waals surface area contributed by atoms with Crippen LogP contribution in [0, 0.1) is 6.92 Å². The Kier molecular flexibility index (Phi) is 5.81.